The highest BCUT2D eigenvalue weighted by molar-refractivity contribution is 5.85. The summed E-state index contributed by atoms with van der Waals surface area (Å²) in [5.41, 5.74) is 1.10. The molecule has 4 atom stereocenters. The molecule has 1 saturated carbocycles. The summed E-state index contributed by atoms with van der Waals surface area (Å²) in [6.45, 7) is 3.74. The first-order chi connectivity index (χ1) is 19.7. The standard InChI is InChI=1S/C31H33F3N2O5.2ClH/c1-39-23-10-12-25(13-11-23)41-28(30(37)38)16-20-4-8-24(9-5-20)40-15-14-35-29-26-18-36(19-27(26)29)17-21-2-6-22(7-3-21)31(32,33)34;;/h2-13,26-29,35H,14-19H2,1H3,(H,37,38);2*1H/t26-,27?,28-,29+;;/m0../s1. The number of nitrogens with one attached hydrogen (secondary N) is 1. The number of carbonyl (C=O) groups is 1. The van der Waals surface area contributed by atoms with Gasteiger partial charge in [-0.05, 0) is 71.5 Å². The van der Waals surface area contributed by atoms with Gasteiger partial charge in [-0.25, -0.2) is 4.79 Å². The van der Waals surface area contributed by atoms with Gasteiger partial charge < -0.3 is 24.6 Å². The van der Waals surface area contributed by atoms with Gasteiger partial charge in [-0.1, -0.05) is 24.3 Å². The number of hydrogen-bond donors (Lipinski definition) is 2. The molecule has 2 aliphatic rings. The molecule has 1 aliphatic heterocycles. The third-order valence-electron chi connectivity index (χ3n) is 7.67. The van der Waals surface area contributed by atoms with E-state index in [1.165, 1.54) is 0 Å². The maximum atomic E-state index is 12.8. The van der Waals surface area contributed by atoms with Crippen LogP contribution in [-0.2, 0) is 23.9 Å². The van der Waals surface area contributed by atoms with Gasteiger partial charge in [-0.3, -0.25) is 4.90 Å². The molecule has 0 amide bonds. The zero-order valence-corrected chi connectivity index (χ0v) is 25.1. The Morgan fingerprint density at radius 3 is 2.02 bits per heavy atom. The molecule has 5 rings (SSSR count). The van der Waals surface area contributed by atoms with E-state index in [-0.39, 0.29) is 31.2 Å². The summed E-state index contributed by atoms with van der Waals surface area (Å²) in [6, 6.07) is 20.0. The van der Waals surface area contributed by atoms with Gasteiger partial charge in [-0.2, -0.15) is 13.2 Å². The smallest absolute Gasteiger partial charge is 0.416 e. The number of alkyl halides is 3. The second-order valence-electron chi connectivity index (χ2n) is 10.5. The fourth-order valence-corrected chi connectivity index (χ4v) is 5.43. The number of ether oxygens (including phenoxy) is 3. The van der Waals surface area contributed by atoms with E-state index in [9.17, 15) is 23.1 Å². The molecule has 234 valence electrons. The van der Waals surface area contributed by atoms with Crippen molar-refractivity contribution in [3.8, 4) is 17.2 Å². The molecule has 2 fully saturated rings. The maximum absolute atomic E-state index is 12.8. The molecule has 12 heteroatoms. The van der Waals surface area contributed by atoms with Crippen LogP contribution in [0.3, 0.4) is 0 Å². The van der Waals surface area contributed by atoms with Crippen LogP contribution in [0.1, 0.15) is 16.7 Å². The molecule has 2 N–H and O–H groups in total. The van der Waals surface area contributed by atoms with Gasteiger partial charge >= 0.3 is 12.1 Å². The van der Waals surface area contributed by atoms with Gasteiger partial charge in [0.1, 0.15) is 23.9 Å². The first-order valence-corrected chi connectivity index (χ1v) is 13.6. The predicted molar refractivity (Wildman–Crippen MR) is 161 cm³/mol. The maximum Gasteiger partial charge on any atom is 0.416 e. The van der Waals surface area contributed by atoms with Crippen molar-refractivity contribution >= 4 is 30.8 Å². The molecule has 3 aromatic rings. The molecule has 43 heavy (non-hydrogen) atoms. The van der Waals surface area contributed by atoms with Crippen molar-refractivity contribution < 1.29 is 37.3 Å². The molecule has 0 radical (unpaired) electrons. The minimum Gasteiger partial charge on any atom is -0.497 e. The highest BCUT2D eigenvalue weighted by Gasteiger charge is 2.55. The number of likely N-dealkylation sites (tertiary alicyclic amines) is 1. The van der Waals surface area contributed by atoms with E-state index in [1.807, 2.05) is 24.3 Å². The number of carboxylic acid groups (broad SMARTS) is 1. The van der Waals surface area contributed by atoms with E-state index in [0.717, 1.165) is 36.3 Å². The predicted octanol–water partition coefficient (Wildman–Crippen LogP) is 5.73. The van der Waals surface area contributed by atoms with Crippen molar-refractivity contribution in [1.29, 1.82) is 0 Å². The second-order valence-corrected chi connectivity index (χ2v) is 10.5. The molecule has 1 saturated heterocycles. The molecular weight excluding hydrogens is 608 g/mol. The van der Waals surface area contributed by atoms with Crippen molar-refractivity contribution in [3.05, 3.63) is 89.5 Å². The lowest BCUT2D eigenvalue weighted by atomic mass is 10.1. The number of benzene rings is 3. The van der Waals surface area contributed by atoms with Crippen LogP contribution in [-0.4, -0.2) is 61.5 Å². The van der Waals surface area contributed by atoms with Gasteiger partial charge in [0.2, 0.25) is 0 Å². The van der Waals surface area contributed by atoms with E-state index >= 15 is 0 Å². The zero-order chi connectivity index (χ0) is 29.0. The normalized spacial score (nSPS) is 19.8. The fraction of sp³-hybridized carbons (Fsp3) is 0.387. The number of fused-ring (bicyclic) bond motifs is 1. The average molecular weight is 644 g/mol. The number of halogens is 5. The summed E-state index contributed by atoms with van der Waals surface area (Å²) in [5.74, 6) is 1.91. The summed E-state index contributed by atoms with van der Waals surface area (Å²) in [4.78, 5) is 14.0. The van der Waals surface area contributed by atoms with Crippen molar-refractivity contribution in [2.45, 2.75) is 31.3 Å². The third-order valence-corrected chi connectivity index (χ3v) is 7.67. The minimum absolute atomic E-state index is 0. The van der Waals surface area contributed by atoms with Gasteiger partial charge in [0, 0.05) is 38.6 Å². The molecular formula is C31H35Cl2F3N2O5. The Kier molecular flexibility index (Phi) is 12.0. The molecule has 1 aliphatic carbocycles. The fourth-order valence-electron chi connectivity index (χ4n) is 5.43. The molecule has 0 spiro atoms. The zero-order valence-electron chi connectivity index (χ0n) is 23.5. The molecule has 3 aromatic carbocycles. The van der Waals surface area contributed by atoms with Gasteiger partial charge in [-0.15, -0.1) is 24.8 Å². The Hall–Kier alpha value is -3.18. The highest BCUT2D eigenvalue weighted by Crippen LogP contribution is 2.45. The van der Waals surface area contributed by atoms with E-state index in [2.05, 4.69) is 10.2 Å². The molecule has 1 heterocycles. The van der Waals surface area contributed by atoms with E-state index in [1.54, 1.807) is 43.5 Å². The molecule has 1 unspecified atom stereocenters. The number of rotatable bonds is 13. The Morgan fingerprint density at radius 2 is 1.47 bits per heavy atom. The van der Waals surface area contributed by atoms with Gasteiger partial charge in [0.15, 0.2) is 6.10 Å². The summed E-state index contributed by atoms with van der Waals surface area (Å²) in [7, 11) is 1.56. The summed E-state index contributed by atoms with van der Waals surface area (Å²) < 4.78 is 54.9. The molecule has 7 nitrogen and oxygen atoms in total. The van der Waals surface area contributed by atoms with Gasteiger partial charge in [0.25, 0.3) is 0 Å². The first kappa shape index (κ1) is 34.3. The lowest BCUT2D eigenvalue weighted by molar-refractivity contribution is -0.145. The minimum atomic E-state index is -4.31. The van der Waals surface area contributed by atoms with E-state index < -0.39 is 23.8 Å². The number of carboxylic acids is 1. The third kappa shape index (κ3) is 9.15. The van der Waals surface area contributed by atoms with Crippen LogP contribution in [0.4, 0.5) is 13.2 Å². The van der Waals surface area contributed by atoms with Crippen LogP contribution < -0.4 is 19.5 Å². The average Bonchev–Trinajstić information content (AvgIpc) is 3.41. The van der Waals surface area contributed by atoms with Crippen LogP contribution in [0, 0.1) is 11.8 Å². The van der Waals surface area contributed by atoms with Crippen molar-refractivity contribution in [1.82, 2.24) is 10.2 Å². The summed E-state index contributed by atoms with van der Waals surface area (Å²) >= 11 is 0. The van der Waals surface area contributed by atoms with Crippen LogP contribution in [0.2, 0.25) is 0 Å². The Morgan fingerprint density at radius 1 is 0.907 bits per heavy atom. The number of aliphatic carboxylic acids is 1. The van der Waals surface area contributed by atoms with Crippen LogP contribution in [0.15, 0.2) is 72.8 Å². The van der Waals surface area contributed by atoms with E-state index in [4.69, 9.17) is 14.2 Å². The monoisotopic (exact) mass is 642 g/mol. The quantitative estimate of drug-likeness (QED) is 0.231. The Bertz CT molecular complexity index is 1300. The summed E-state index contributed by atoms with van der Waals surface area (Å²) in [5, 5.41) is 13.2. The lowest BCUT2D eigenvalue weighted by Gasteiger charge is -2.20. The Balaban J connectivity index is 0.00000253. The van der Waals surface area contributed by atoms with Crippen LogP contribution in [0.25, 0.3) is 0 Å². The van der Waals surface area contributed by atoms with Crippen molar-refractivity contribution in [3.63, 3.8) is 0 Å². The topological polar surface area (TPSA) is 80.3 Å². The highest BCUT2D eigenvalue weighted by atomic mass is 35.5. The Labute approximate surface area is 261 Å². The number of nitrogens with zero attached hydrogens (tertiary/aromatic N) is 1. The SMILES string of the molecule is COc1ccc(O[C@@H](Cc2ccc(OCCN[C@H]3C4CN(Cc5ccc(C(F)(F)F)cc5)C[C@@H]43)cc2)C(=O)O)cc1.Cl.Cl. The van der Waals surface area contributed by atoms with E-state index in [0.29, 0.717) is 54.8 Å². The first-order valence-electron chi connectivity index (χ1n) is 13.6. The second kappa shape index (κ2) is 15.0. The largest absolute Gasteiger partial charge is 0.497 e. The lowest BCUT2D eigenvalue weighted by Crippen LogP contribution is -2.33. The van der Waals surface area contributed by atoms with Crippen molar-refractivity contribution in [2.75, 3.05) is 33.4 Å². The molecule has 0 aromatic heterocycles. The van der Waals surface area contributed by atoms with Crippen LogP contribution >= 0.6 is 24.8 Å². The molecule has 0 bridgehead atoms. The number of piperidine rings is 1. The number of hydrogen-bond acceptors (Lipinski definition) is 6. The number of methoxy groups -OCH3 is 1. The van der Waals surface area contributed by atoms with Crippen molar-refractivity contribution in [2.24, 2.45) is 11.8 Å². The van der Waals surface area contributed by atoms with Gasteiger partial charge in [0.05, 0.1) is 12.7 Å². The summed E-state index contributed by atoms with van der Waals surface area (Å²) in [6.07, 6.45) is -5.12. The van der Waals surface area contributed by atoms with Crippen LogP contribution in [0.5, 0.6) is 17.2 Å².